The minimum atomic E-state index is 0.559. The SMILES string of the molecule is CCCNC1CC(C)CCC1C(C)(C)C1CCC1. The van der Waals surface area contributed by atoms with Gasteiger partial charge in [0.25, 0.3) is 0 Å². The molecular formula is C17H33N. The molecule has 0 radical (unpaired) electrons. The maximum absolute atomic E-state index is 3.86. The second-order valence-corrected chi connectivity index (χ2v) is 7.53. The Morgan fingerprint density at radius 1 is 1.11 bits per heavy atom. The van der Waals surface area contributed by atoms with Gasteiger partial charge in [-0.25, -0.2) is 0 Å². The molecule has 3 unspecified atom stereocenters. The molecule has 0 heterocycles. The number of nitrogens with one attached hydrogen (secondary N) is 1. The highest BCUT2D eigenvalue weighted by molar-refractivity contribution is 4.96. The van der Waals surface area contributed by atoms with E-state index in [0.717, 1.165) is 23.8 Å². The van der Waals surface area contributed by atoms with Gasteiger partial charge in [-0.05, 0) is 61.8 Å². The second-order valence-electron chi connectivity index (χ2n) is 7.53. The van der Waals surface area contributed by atoms with Crippen molar-refractivity contribution in [3.8, 4) is 0 Å². The molecule has 0 saturated heterocycles. The molecule has 0 aromatic rings. The van der Waals surface area contributed by atoms with Crippen LogP contribution in [-0.4, -0.2) is 12.6 Å². The molecule has 0 aromatic heterocycles. The average Bonchev–Trinajstić information content (AvgIpc) is 2.22. The predicted molar refractivity (Wildman–Crippen MR) is 79.7 cm³/mol. The largest absolute Gasteiger partial charge is 0.314 e. The van der Waals surface area contributed by atoms with Crippen LogP contribution in [0.4, 0.5) is 0 Å². The van der Waals surface area contributed by atoms with E-state index >= 15 is 0 Å². The van der Waals surface area contributed by atoms with Crippen LogP contribution in [-0.2, 0) is 0 Å². The van der Waals surface area contributed by atoms with Gasteiger partial charge in [-0.15, -0.1) is 0 Å². The van der Waals surface area contributed by atoms with E-state index in [1.54, 1.807) is 0 Å². The molecule has 2 fully saturated rings. The smallest absolute Gasteiger partial charge is 0.0103 e. The first-order chi connectivity index (χ1) is 8.55. The zero-order chi connectivity index (χ0) is 13.2. The van der Waals surface area contributed by atoms with Gasteiger partial charge in [0, 0.05) is 6.04 Å². The molecule has 106 valence electrons. The molecule has 1 heteroatoms. The summed E-state index contributed by atoms with van der Waals surface area (Å²) in [5, 5.41) is 3.86. The molecule has 0 aromatic carbocycles. The van der Waals surface area contributed by atoms with Crippen LogP contribution in [0.3, 0.4) is 0 Å². The summed E-state index contributed by atoms with van der Waals surface area (Å²) in [5.41, 5.74) is 0.559. The predicted octanol–water partition coefficient (Wildman–Crippen LogP) is 4.62. The standard InChI is InChI=1S/C17H33N/c1-5-11-18-16-12-13(2)9-10-15(16)17(3,4)14-7-6-8-14/h13-16,18H,5-12H2,1-4H3. The summed E-state index contributed by atoms with van der Waals surface area (Å²) in [6, 6.07) is 0.782. The minimum absolute atomic E-state index is 0.559. The van der Waals surface area contributed by atoms with E-state index in [9.17, 15) is 0 Å². The van der Waals surface area contributed by atoms with E-state index in [1.807, 2.05) is 0 Å². The molecular weight excluding hydrogens is 218 g/mol. The first kappa shape index (κ1) is 14.4. The van der Waals surface area contributed by atoms with E-state index in [2.05, 4.69) is 33.0 Å². The van der Waals surface area contributed by atoms with Crippen molar-refractivity contribution in [1.82, 2.24) is 5.32 Å². The molecule has 0 amide bonds. The Bertz CT molecular complexity index is 254. The first-order valence-electron chi connectivity index (χ1n) is 8.29. The van der Waals surface area contributed by atoms with Crippen molar-refractivity contribution >= 4 is 0 Å². The van der Waals surface area contributed by atoms with E-state index in [1.165, 1.54) is 51.5 Å². The number of hydrogen-bond donors (Lipinski definition) is 1. The van der Waals surface area contributed by atoms with Crippen LogP contribution in [0.15, 0.2) is 0 Å². The molecule has 0 bridgehead atoms. The van der Waals surface area contributed by atoms with Crippen LogP contribution >= 0.6 is 0 Å². The molecule has 1 nitrogen and oxygen atoms in total. The maximum Gasteiger partial charge on any atom is 0.0103 e. The number of hydrogen-bond acceptors (Lipinski definition) is 1. The number of rotatable bonds is 5. The lowest BCUT2D eigenvalue weighted by Gasteiger charge is -2.51. The van der Waals surface area contributed by atoms with E-state index < -0.39 is 0 Å². The average molecular weight is 251 g/mol. The Hall–Kier alpha value is -0.0400. The summed E-state index contributed by atoms with van der Waals surface area (Å²) >= 11 is 0. The fraction of sp³-hybridized carbons (Fsp3) is 1.00. The highest BCUT2D eigenvalue weighted by Crippen LogP contribution is 2.51. The fourth-order valence-corrected chi connectivity index (χ4v) is 4.28. The maximum atomic E-state index is 3.86. The van der Waals surface area contributed by atoms with E-state index in [0.29, 0.717) is 5.41 Å². The van der Waals surface area contributed by atoms with Gasteiger partial charge in [-0.1, -0.05) is 40.5 Å². The monoisotopic (exact) mass is 251 g/mol. The van der Waals surface area contributed by atoms with Crippen molar-refractivity contribution in [1.29, 1.82) is 0 Å². The lowest BCUT2D eigenvalue weighted by atomic mass is 9.56. The topological polar surface area (TPSA) is 12.0 Å². The van der Waals surface area contributed by atoms with Crippen molar-refractivity contribution in [2.45, 2.75) is 78.7 Å². The summed E-state index contributed by atoms with van der Waals surface area (Å²) < 4.78 is 0. The Balaban J connectivity index is 2.02. The molecule has 0 aliphatic heterocycles. The molecule has 2 saturated carbocycles. The molecule has 2 aliphatic carbocycles. The molecule has 18 heavy (non-hydrogen) atoms. The highest BCUT2D eigenvalue weighted by Gasteiger charge is 2.44. The van der Waals surface area contributed by atoms with Crippen molar-refractivity contribution in [3.63, 3.8) is 0 Å². The summed E-state index contributed by atoms with van der Waals surface area (Å²) in [5.74, 6) is 2.83. The van der Waals surface area contributed by atoms with Gasteiger partial charge < -0.3 is 5.32 Å². The summed E-state index contributed by atoms with van der Waals surface area (Å²) in [6.45, 7) is 11.0. The second kappa shape index (κ2) is 5.94. The van der Waals surface area contributed by atoms with Gasteiger partial charge in [0.2, 0.25) is 0 Å². The van der Waals surface area contributed by atoms with Gasteiger partial charge in [-0.3, -0.25) is 0 Å². The van der Waals surface area contributed by atoms with Crippen LogP contribution < -0.4 is 5.32 Å². The zero-order valence-corrected chi connectivity index (χ0v) is 13.0. The third-order valence-electron chi connectivity index (χ3n) is 5.88. The van der Waals surface area contributed by atoms with Crippen LogP contribution in [0.25, 0.3) is 0 Å². The molecule has 3 atom stereocenters. The van der Waals surface area contributed by atoms with Gasteiger partial charge in [0.15, 0.2) is 0 Å². The van der Waals surface area contributed by atoms with Crippen molar-refractivity contribution in [3.05, 3.63) is 0 Å². The molecule has 1 N–H and O–H groups in total. The summed E-state index contributed by atoms with van der Waals surface area (Å²) in [6.07, 6.45) is 10.0. The summed E-state index contributed by atoms with van der Waals surface area (Å²) in [7, 11) is 0. The lowest BCUT2D eigenvalue weighted by molar-refractivity contribution is 0.00707. The van der Waals surface area contributed by atoms with Gasteiger partial charge in [0.05, 0.1) is 0 Å². The van der Waals surface area contributed by atoms with Gasteiger partial charge in [0.1, 0.15) is 0 Å². The van der Waals surface area contributed by atoms with Crippen LogP contribution in [0.5, 0.6) is 0 Å². The normalized spacial score (nSPS) is 34.3. The van der Waals surface area contributed by atoms with Crippen LogP contribution in [0.2, 0.25) is 0 Å². The Labute approximate surface area is 114 Å². The third-order valence-corrected chi connectivity index (χ3v) is 5.88. The highest BCUT2D eigenvalue weighted by atomic mass is 14.9. The fourth-order valence-electron chi connectivity index (χ4n) is 4.28. The van der Waals surface area contributed by atoms with Crippen LogP contribution in [0.1, 0.15) is 72.6 Å². The third kappa shape index (κ3) is 2.92. The lowest BCUT2D eigenvalue weighted by Crippen LogP contribution is -2.50. The van der Waals surface area contributed by atoms with E-state index in [4.69, 9.17) is 0 Å². The Morgan fingerprint density at radius 3 is 2.39 bits per heavy atom. The summed E-state index contributed by atoms with van der Waals surface area (Å²) in [4.78, 5) is 0. The molecule has 2 rings (SSSR count). The van der Waals surface area contributed by atoms with Gasteiger partial charge in [-0.2, -0.15) is 0 Å². The quantitative estimate of drug-likeness (QED) is 0.752. The zero-order valence-electron chi connectivity index (χ0n) is 13.0. The Morgan fingerprint density at radius 2 is 1.83 bits per heavy atom. The van der Waals surface area contributed by atoms with Crippen molar-refractivity contribution < 1.29 is 0 Å². The van der Waals surface area contributed by atoms with E-state index in [-0.39, 0.29) is 0 Å². The minimum Gasteiger partial charge on any atom is -0.314 e. The van der Waals surface area contributed by atoms with Crippen molar-refractivity contribution in [2.24, 2.45) is 23.2 Å². The molecule has 0 spiro atoms. The van der Waals surface area contributed by atoms with Crippen LogP contribution in [0, 0.1) is 23.2 Å². The Kier molecular flexibility index (Phi) is 4.75. The van der Waals surface area contributed by atoms with Crippen molar-refractivity contribution in [2.75, 3.05) is 6.54 Å². The first-order valence-corrected chi connectivity index (χ1v) is 8.29. The van der Waals surface area contributed by atoms with Gasteiger partial charge >= 0.3 is 0 Å². The molecule has 2 aliphatic rings.